The summed E-state index contributed by atoms with van der Waals surface area (Å²) in [6.45, 7) is 4.18. The molecule has 0 heterocycles. The summed E-state index contributed by atoms with van der Waals surface area (Å²) in [6, 6.07) is 12.0. The van der Waals surface area contributed by atoms with Gasteiger partial charge in [0.05, 0.1) is 16.4 Å². The third-order valence-electron chi connectivity index (χ3n) is 4.37. The van der Waals surface area contributed by atoms with E-state index in [1.54, 1.807) is 32.0 Å². The molecule has 0 aromatic heterocycles. The van der Waals surface area contributed by atoms with Crippen LogP contribution in [0.5, 0.6) is 0 Å². The molecule has 2 aromatic rings. The quantitative estimate of drug-likeness (QED) is 0.496. The van der Waals surface area contributed by atoms with Crippen LogP contribution in [0.25, 0.3) is 0 Å². The third kappa shape index (κ3) is 4.55. The molecule has 2 rings (SSSR count). The Labute approximate surface area is 164 Å². The van der Waals surface area contributed by atoms with Gasteiger partial charge in [0, 0.05) is 37.3 Å². The average molecular weight is 405 g/mol. The molecule has 0 atom stereocenters. The number of para-hydroxylation sites is 1. The van der Waals surface area contributed by atoms with E-state index in [9.17, 15) is 23.3 Å². The summed E-state index contributed by atoms with van der Waals surface area (Å²) in [5.74, 6) is -0.422. The number of sulfonamides is 1. The molecule has 150 valence electrons. The Bertz CT molecular complexity index is 971. The zero-order valence-corrected chi connectivity index (χ0v) is 16.8. The number of amides is 1. The van der Waals surface area contributed by atoms with Crippen LogP contribution in [0.3, 0.4) is 0 Å². The number of nitro groups is 1. The van der Waals surface area contributed by atoms with Gasteiger partial charge in [0.1, 0.15) is 0 Å². The van der Waals surface area contributed by atoms with Crippen molar-refractivity contribution in [3.63, 3.8) is 0 Å². The first-order valence-electron chi connectivity index (χ1n) is 8.80. The molecule has 0 saturated carbocycles. The Balaban J connectivity index is 2.29. The SMILES string of the molecule is CCN(CC)S(=O)(=O)c1cccc(C(=O)N(C)Cc2ccccc2[N+](=O)[O-])c1. The molecular weight excluding hydrogens is 382 g/mol. The van der Waals surface area contributed by atoms with Gasteiger partial charge in [-0.15, -0.1) is 0 Å². The van der Waals surface area contributed by atoms with Gasteiger partial charge in [-0.05, 0) is 18.2 Å². The van der Waals surface area contributed by atoms with Crippen molar-refractivity contribution in [2.75, 3.05) is 20.1 Å². The van der Waals surface area contributed by atoms with Crippen molar-refractivity contribution in [2.45, 2.75) is 25.3 Å². The van der Waals surface area contributed by atoms with E-state index in [0.29, 0.717) is 18.7 Å². The Kier molecular flexibility index (Phi) is 6.87. The Hall–Kier alpha value is -2.78. The van der Waals surface area contributed by atoms with Gasteiger partial charge < -0.3 is 4.90 Å². The first-order chi connectivity index (χ1) is 13.2. The zero-order valence-electron chi connectivity index (χ0n) is 16.0. The van der Waals surface area contributed by atoms with Gasteiger partial charge in [-0.1, -0.05) is 38.1 Å². The highest BCUT2D eigenvalue weighted by Gasteiger charge is 2.24. The molecule has 0 aliphatic rings. The Morgan fingerprint density at radius 1 is 1.07 bits per heavy atom. The maximum Gasteiger partial charge on any atom is 0.274 e. The van der Waals surface area contributed by atoms with Gasteiger partial charge in [-0.2, -0.15) is 4.31 Å². The van der Waals surface area contributed by atoms with E-state index in [2.05, 4.69) is 0 Å². The highest BCUT2D eigenvalue weighted by Crippen LogP contribution is 2.21. The molecule has 1 amide bonds. The van der Waals surface area contributed by atoms with Crippen molar-refractivity contribution in [3.8, 4) is 0 Å². The number of nitro benzene ring substituents is 1. The molecule has 28 heavy (non-hydrogen) atoms. The molecule has 8 nitrogen and oxygen atoms in total. The smallest absolute Gasteiger partial charge is 0.274 e. The highest BCUT2D eigenvalue weighted by atomic mass is 32.2. The van der Waals surface area contributed by atoms with Crippen LogP contribution < -0.4 is 0 Å². The summed E-state index contributed by atoms with van der Waals surface area (Å²) >= 11 is 0. The summed E-state index contributed by atoms with van der Waals surface area (Å²) in [7, 11) is -2.17. The minimum Gasteiger partial charge on any atom is -0.337 e. The fraction of sp³-hybridized carbons (Fsp3) is 0.316. The van der Waals surface area contributed by atoms with Crippen LogP contribution in [0.1, 0.15) is 29.8 Å². The summed E-state index contributed by atoms with van der Waals surface area (Å²) in [5, 5.41) is 11.1. The lowest BCUT2D eigenvalue weighted by Gasteiger charge is -2.20. The van der Waals surface area contributed by atoms with Gasteiger partial charge in [-0.3, -0.25) is 14.9 Å². The molecule has 0 N–H and O–H groups in total. The molecule has 2 aromatic carbocycles. The second-order valence-corrected chi connectivity index (χ2v) is 8.10. The number of nitrogens with zero attached hydrogens (tertiary/aromatic N) is 3. The molecular formula is C19H23N3O5S. The van der Waals surface area contributed by atoms with Gasteiger partial charge in [0.15, 0.2) is 0 Å². The van der Waals surface area contributed by atoms with Crippen molar-refractivity contribution in [1.82, 2.24) is 9.21 Å². The number of carbonyl (C=O) groups excluding carboxylic acids is 1. The third-order valence-corrected chi connectivity index (χ3v) is 6.41. The molecule has 0 radical (unpaired) electrons. The standard InChI is InChI=1S/C19H23N3O5S/c1-4-21(5-2)28(26,27)17-11-8-10-15(13-17)19(23)20(3)14-16-9-6-7-12-18(16)22(24)25/h6-13H,4-5,14H2,1-3H3. The maximum absolute atomic E-state index is 12.8. The molecule has 0 unspecified atom stereocenters. The minimum absolute atomic E-state index is 0.0308. The highest BCUT2D eigenvalue weighted by molar-refractivity contribution is 7.89. The molecule has 0 saturated heterocycles. The largest absolute Gasteiger partial charge is 0.337 e. The molecule has 0 bridgehead atoms. The van der Waals surface area contributed by atoms with E-state index >= 15 is 0 Å². The first-order valence-corrected chi connectivity index (χ1v) is 10.2. The topological polar surface area (TPSA) is 101 Å². The van der Waals surface area contributed by atoms with Gasteiger partial charge in [-0.25, -0.2) is 8.42 Å². The molecule has 0 aliphatic carbocycles. The predicted octanol–water partition coefficient (Wildman–Crippen LogP) is 2.90. The van der Waals surface area contributed by atoms with Crippen molar-refractivity contribution < 1.29 is 18.1 Å². The normalized spacial score (nSPS) is 11.4. The van der Waals surface area contributed by atoms with Crippen LogP contribution in [-0.4, -0.2) is 48.6 Å². The summed E-state index contributed by atoms with van der Waals surface area (Å²) in [4.78, 5) is 24.8. The van der Waals surface area contributed by atoms with Gasteiger partial charge >= 0.3 is 0 Å². The number of hydrogen-bond acceptors (Lipinski definition) is 5. The lowest BCUT2D eigenvalue weighted by Crippen LogP contribution is -2.31. The van der Waals surface area contributed by atoms with E-state index in [4.69, 9.17) is 0 Å². The number of benzene rings is 2. The van der Waals surface area contributed by atoms with Crippen molar-refractivity contribution in [2.24, 2.45) is 0 Å². The minimum atomic E-state index is -3.69. The number of hydrogen-bond donors (Lipinski definition) is 0. The van der Waals surface area contributed by atoms with E-state index in [1.807, 2.05) is 0 Å². The van der Waals surface area contributed by atoms with Crippen LogP contribution in [0.15, 0.2) is 53.4 Å². The monoisotopic (exact) mass is 405 g/mol. The predicted molar refractivity (Wildman–Crippen MR) is 105 cm³/mol. The average Bonchev–Trinajstić information content (AvgIpc) is 2.68. The molecule has 0 fully saturated rings. The number of rotatable bonds is 8. The van der Waals surface area contributed by atoms with Crippen LogP contribution in [0, 0.1) is 10.1 Å². The van der Waals surface area contributed by atoms with E-state index in [1.165, 1.54) is 46.6 Å². The van der Waals surface area contributed by atoms with Crippen molar-refractivity contribution >= 4 is 21.6 Å². The van der Waals surface area contributed by atoms with E-state index in [0.717, 1.165) is 0 Å². The lowest BCUT2D eigenvalue weighted by molar-refractivity contribution is -0.385. The zero-order chi connectivity index (χ0) is 20.9. The number of carbonyl (C=O) groups is 1. The summed E-state index contributed by atoms with van der Waals surface area (Å²) in [6.07, 6.45) is 0. The molecule has 0 aliphatic heterocycles. The maximum atomic E-state index is 12.8. The molecule has 9 heteroatoms. The summed E-state index contributed by atoms with van der Waals surface area (Å²) in [5.41, 5.74) is 0.532. The Morgan fingerprint density at radius 2 is 1.71 bits per heavy atom. The summed E-state index contributed by atoms with van der Waals surface area (Å²) < 4.78 is 26.7. The second-order valence-electron chi connectivity index (χ2n) is 6.16. The van der Waals surface area contributed by atoms with Crippen LogP contribution in [-0.2, 0) is 16.6 Å². The van der Waals surface area contributed by atoms with Crippen molar-refractivity contribution in [3.05, 3.63) is 69.8 Å². The van der Waals surface area contributed by atoms with Crippen LogP contribution in [0.4, 0.5) is 5.69 Å². The lowest BCUT2D eigenvalue weighted by atomic mass is 10.1. The fourth-order valence-electron chi connectivity index (χ4n) is 2.87. The van der Waals surface area contributed by atoms with Crippen molar-refractivity contribution in [1.29, 1.82) is 0 Å². The van der Waals surface area contributed by atoms with E-state index in [-0.39, 0.29) is 22.7 Å². The van der Waals surface area contributed by atoms with Gasteiger partial charge in [0.2, 0.25) is 10.0 Å². The molecule has 0 spiro atoms. The van der Waals surface area contributed by atoms with Crippen LogP contribution >= 0.6 is 0 Å². The van der Waals surface area contributed by atoms with E-state index < -0.39 is 20.9 Å². The van der Waals surface area contributed by atoms with Gasteiger partial charge in [0.25, 0.3) is 11.6 Å². The first kappa shape index (κ1) is 21.5. The fourth-order valence-corrected chi connectivity index (χ4v) is 4.38. The van der Waals surface area contributed by atoms with Crippen LogP contribution in [0.2, 0.25) is 0 Å². The Morgan fingerprint density at radius 3 is 2.32 bits per heavy atom. The second kappa shape index (κ2) is 8.94.